The van der Waals surface area contributed by atoms with E-state index in [1.807, 2.05) is 63.2 Å². The van der Waals surface area contributed by atoms with Crippen LogP contribution in [0.15, 0.2) is 48.7 Å². The van der Waals surface area contributed by atoms with Gasteiger partial charge in [-0.2, -0.15) is 5.26 Å². The van der Waals surface area contributed by atoms with Crippen molar-refractivity contribution in [1.82, 2.24) is 19.7 Å². The number of nitrogens with zero attached hydrogens (tertiary/aromatic N) is 6. The zero-order valence-electron chi connectivity index (χ0n) is 27.5. The van der Waals surface area contributed by atoms with E-state index in [-0.39, 0.29) is 24.7 Å². The number of nitriles is 1. The molecule has 248 valence electrons. The number of carbonyl (C=O) groups is 2. The minimum absolute atomic E-state index is 0.0706. The second kappa shape index (κ2) is 12.9. The Morgan fingerprint density at radius 2 is 1.77 bits per heavy atom. The molecule has 2 N–H and O–H groups in total. The normalized spacial score (nSPS) is 20.6. The highest BCUT2D eigenvalue weighted by molar-refractivity contribution is 5.87. The van der Waals surface area contributed by atoms with Crippen LogP contribution in [0.4, 0.5) is 10.6 Å². The van der Waals surface area contributed by atoms with Gasteiger partial charge >= 0.3 is 12.1 Å². The molecular formula is C35H43N7O5. The number of fused-ring (bicyclic) bond motifs is 1. The first-order chi connectivity index (χ1) is 22.6. The lowest BCUT2D eigenvalue weighted by molar-refractivity contribution is -0.145. The Morgan fingerprint density at radius 1 is 1.06 bits per heavy atom. The van der Waals surface area contributed by atoms with E-state index < -0.39 is 23.0 Å². The summed E-state index contributed by atoms with van der Waals surface area (Å²) >= 11 is 0. The lowest BCUT2D eigenvalue weighted by Gasteiger charge is -2.33. The number of esters is 1. The van der Waals surface area contributed by atoms with Crippen LogP contribution in [-0.2, 0) is 19.7 Å². The number of pyridine rings is 1. The molecule has 3 aliphatic rings. The van der Waals surface area contributed by atoms with Gasteiger partial charge in [0.2, 0.25) is 5.88 Å². The maximum absolute atomic E-state index is 13.4. The number of hydrogen-bond acceptors (Lipinski definition) is 10. The van der Waals surface area contributed by atoms with Gasteiger partial charge in [0.25, 0.3) is 0 Å². The van der Waals surface area contributed by atoms with Crippen LogP contribution in [0.2, 0.25) is 0 Å². The van der Waals surface area contributed by atoms with Crippen LogP contribution < -0.4 is 15.4 Å². The van der Waals surface area contributed by atoms with Gasteiger partial charge in [-0.25, -0.2) is 14.5 Å². The highest BCUT2D eigenvalue weighted by Crippen LogP contribution is 2.61. The first kappa shape index (κ1) is 32.3. The SMILES string of the molecule is CCOC(=O)C(N)C1(c2ccc(N3CCC(C#N)CC3)nc2)c2c(OC3CCN(C(=O)OC(C)(C)C)CC3)nn(-c3ccccc3)c21. The summed E-state index contributed by atoms with van der Waals surface area (Å²) in [5, 5.41) is 14.2. The summed E-state index contributed by atoms with van der Waals surface area (Å²) in [6.45, 7) is 10.0. The number of para-hydroxylation sites is 1. The number of piperidine rings is 2. The lowest BCUT2D eigenvalue weighted by atomic mass is 9.85. The average molecular weight is 642 g/mol. The molecule has 0 radical (unpaired) electrons. The number of hydrogen-bond donors (Lipinski definition) is 1. The second-order valence-electron chi connectivity index (χ2n) is 13.4. The van der Waals surface area contributed by atoms with Gasteiger partial charge < -0.3 is 29.7 Å². The van der Waals surface area contributed by atoms with E-state index in [0.29, 0.717) is 31.8 Å². The molecule has 2 aliphatic heterocycles. The van der Waals surface area contributed by atoms with Gasteiger partial charge in [-0.1, -0.05) is 24.3 Å². The summed E-state index contributed by atoms with van der Waals surface area (Å²) in [7, 11) is 0. The molecule has 2 aromatic heterocycles. The van der Waals surface area contributed by atoms with E-state index in [2.05, 4.69) is 11.0 Å². The Labute approximate surface area is 275 Å². The van der Waals surface area contributed by atoms with Crippen LogP contribution >= 0.6 is 0 Å². The van der Waals surface area contributed by atoms with Gasteiger partial charge in [0.15, 0.2) is 0 Å². The predicted molar refractivity (Wildman–Crippen MR) is 174 cm³/mol. The minimum atomic E-state index is -1.07. The summed E-state index contributed by atoms with van der Waals surface area (Å²) < 4.78 is 19.4. The summed E-state index contributed by atoms with van der Waals surface area (Å²) in [5.41, 5.74) is 8.25. The molecule has 0 spiro atoms. The number of ether oxygens (including phenoxy) is 3. The topological polar surface area (TPSA) is 149 Å². The Kier molecular flexibility index (Phi) is 8.85. The van der Waals surface area contributed by atoms with Crippen LogP contribution in [0.3, 0.4) is 0 Å². The van der Waals surface area contributed by atoms with E-state index in [4.69, 9.17) is 30.0 Å². The summed E-state index contributed by atoms with van der Waals surface area (Å²) in [6, 6.07) is 14.9. The van der Waals surface area contributed by atoms with Crippen molar-refractivity contribution in [2.75, 3.05) is 37.7 Å². The molecule has 2 fully saturated rings. The fourth-order valence-electron chi connectivity index (χ4n) is 6.71. The van der Waals surface area contributed by atoms with Crippen LogP contribution in [0.1, 0.15) is 70.2 Å². The highest BCUT2D eigenvalue weighted by atomic mass is 16.6. The number of amides is 1. The van der Waals surface area contributed by atoms with Crippen LogP contribution in [0, 0.1) is 17.2 Å². The maximum atomic E-state index is 13.4. The van der Waals surface area contributed by atoms with E-state index in [1.54, 1.807) is 22.7 Å². The van der Waals surface area contributed by atoms with Crippen molar-refractivity contribution < 1.29 is 23.8 Å². The number of likely N-dealkylation sites (tertiary alicyclic amines) is 1. The van der Waals surface area contributed by atoms with Crippen molar-refractivity contribution in [3.63, 3.8) is 0 Å². The first-order valence-electron chi connectivity index (χ1n) is 16.4. The molecule has 1 aromatic carbocycles. The van der Waals surface area contributed by atoms with Gasteiger partial charge in [0.05, 0.1) is 35.0 Å². The number of carbonyl (C=O) groups excluding carboxylic acids is 2. The van der Waals surface area contributed by atoms with E-state index in [0.717, 1.165) is 54.3 Å². The molecule has 0 bridgehead atoms. The Morgan fingerprint density at radius 3 is 2.36 bits per heavy atom. The van der Waals surface area contributed by atoms with Crippen molar-refractivity contribution in [3.05, 3.63) is 65.5 Å². The summed E-state index contributed by atoms with van der Waals surface area (Å²) in [4.78, 5) is 34.7. The molecular weight excluding hydrogens is 598 g/mol. The predicted octanol–water partition coefficient (Wildman–Crippen LogP) is 4.32. The number of anilines is 1. The third kappa shape index (κ3) is 6.24. The number of benzene rings is 1. The van der Waals surface area contributed by atoms with E-state index >= 15 is 0 Å². The van der Waals surface area contributed by atoms with Gasteiger partial charge in [0, 0.05) is 51.1 Å². The average Bonchev–Trinajstić information content (AvgIpc) is 3.62. The van der Waals surface area contributed by atoms with Crippen LogP contribution in [0.5, 0.6) is 5.88 Å². The van der Waals surface area contributed by atoms with E-state index in [1.165, 1.54) is 0 Å². The van der Waals surface area contributed by atoms with Crippen molar-refractivity contribution in [2.24, 2.45) is 11.7 Å². The molecule has 0 saturated carbocycles. The van der Waals surface area contributed by atoms with Crippen molar-refractivity contribution in [1.29, 1.82) is 5.26 Å². The standard InChI is InChI=1S/C35H43N7O5/c1-5-45-32(43)29(37)35(24-11-12-27(38-22-24)40-17-13-23(21-36)14-18-40)28-30(35)42(25-9-7-6-8-10-25)39-31(28)46-26-15-19-41(20-16-26)33(44)47-34(2,3)4/h6-12,22-23,26,29H,5,13-20,37H2,1-4H3. The molecule has 2 saturated heterocycles. The molecule has 3 aromatic rings. The van der Waals surface area contributed by atoms with Crippen LogP contribution in [-0.4, -0.2) is 82.3 Å². The highest BCUT2D eigenvalue weighted by Gasteiger charge is 2.66. The Bertz CT molecular complexity index is 1630. The third-order valence-corrected chi connectivity index (χ3v) is 9.14. The minimum Gasteiger partial charge on any atom is -0.473 e. The molecule has 1 aliphatic carbocycles. The van der Waals surface area contributed by atoms with Gasteiger partial charge in [0.1, 0.15) is 23.6 Å². The van der Waals surface area contributed by atoms with Crippen molar-refractivity contribution in [2.45, 2.75) is 76.5 Å². The lowest BCUT2D eigenvalue weighted by Crippen LogP contribution is -2.46. The maximum Gasteiger partial charge on any atom is 0.410 e. The quantitative estimate of drug-likeness (QED) is 0.353. The van der Waals surface area contributed by atoms with Gasteiger partial charge in [-0.15, -0.1) is 5.10 Å². The third-order valence-electron chi connectivity index (χ3n) is 9.14. The zero-order chi connectivity index (χ0) is 33.3. The molecule has 4 heterocycles. The van der Waals surface area contributed by atoms with Gasteiger partial charge in [-0.05, 0) is 64.3 Å². The van der Waals surface area contributed by atoms with Crippen LogP contribution in [0.25, 0.3) is 5.69 Å². The molecule has 6 rings (SSSR count). The monoisotopic (exact) mass is 641 g/mol. The first-order valence-corrected chi connectivity index (χ1v) is 16.4. The Balaban J connectivity index is 1.32. The fourth-order valence-corrected chi connectivity index (χ4v) is 6.71. The molecule has 47 heavy (non-hydrogen) atoms. The molecule has 1 amide bonds. The second-order valence-corrected chi connectivity index (χ2v) is 13.4. The fraction of sp³-hybridized carbons (Fsp3) is 0.514. The van der Waals surface area contributed by atoms with Crippen molar-refractivity contribution >= 4 is 17.9 Å². The molecule has 2 unspecified atom stereocenters. The largest absolute Gasteiger partial charge is 0.473 e. The number of nitrogens with two attached hydrogens (primary N) is 1. The smallest absolute Gasteiger partial charge is 0.410 e. The van der Waals surface area contributed by atoms with E-state index in [9.17, 15) is 14.9 Å². The summed E-state index contributed by atoms with van der Waals surface area (Å²) in [6.07, 6.45) is 4.04. The van der Waals surface area contributed by atoms with Crippen molar-refractivity contribution in [3.8, 4) is 17.6 Å². The van der Waals surface area contributed by atoms with Gasteiger partial charge in [-0.3, -0.25) is 4.79 Å². The molecule has 12 nitrogen and oxygen atoms in total. The molecule has 12 heteroatoms. The summed E-state index contributed by atoms with van der Waals surface area (Å²) in [5.74, 6) is 0.762. The Hall–Kier alpha value is -4.63. The number of rotatable bonds is 8. The molecule has 2 atom stereocenters. The number of aromatic nitrogens is 3. The zero-order valence-corrected chi connectivity index (χ0v) is 27.5.